The molecule has 0 saturated heterocycles. The van der Waals surface area contributed by atoms with Gasteiger partial charge < -0.3 is 11.1 Å². The van der Waals surface area contributed by atoms with Gasteiger partial charge in [0.15, 0.2) is 0 Å². The van der Waals surface area contributed by atoms with Gasteiger partial charge in [0.05, 0.1) is 12.6 Å². The molecule has 6 heteroatoms. The highest BCUT2D eigenvalue weighted by molar-refractivity contribution is 9.10. The number of hydrogen-bond acceptors (Lipinski definition) is 4. The largest absolute Gasteiger partial charge is 0.355 e. The molecule has 0 bridgehead atoms. The molecule has 4 nitrogen and oxygen atoms in total. The summed E-state index contributed by atoms with van der Waals surface area (Å²) in [6, 6.07) is 2.21. The molecule has 0 aliphatic rings. The SMILES string of the molecule is CCNC(=O)CN(CC)C(c1cc(Br)cs1)C(N)CC. The molecule has 0 fully saturated rings. The number of carbonyl (C=O) groups excluding carboxylic acids is 1. The van der Waals surface area contributed by atoms with Crippen molar-refractivity contribution in [1.82, 2.24) is 10.2 Å². The summed E-state index contributed by atoms with van der Waals surface area (Å²) in [5.41, 5.74) is 6.30. The molecule has 2 unspecified atom stereocenters. The van der Waals surface area contributed by atoms with Crippen LogP contribution >= 0.6 is 27.3 Å². The zero-order valence-corrected chi connectivity index (χ0v) is 14.8. The Labute approximate surface area is 133 Å². The van der Waals surface area contributed by atoms with Gasteiger partial charge in [-0.25, -0.2) is 0 Å². The predicted octanol–water partition coefficient (Wildman–Crippen LogP) is 2.75. The lowest BCUT2D eigenvalue weighted by Gasteiger charge is -2.33. The summed E-state index contributed by atoms with van der Waals surface area (Å²) in [5, 5.41) is 4.91. The standard InChI is InChI=1S/C14H24BrN3OS/c1-4-11(16)14(12-7-10(15)9-20-12)18(6-3)8-13(19)17-5-2/h7,9,11,14H,4-6,8,16H2,1-3H3,(H,17,19). The fourth-order valence-corrected chi connectivity index (χ4v) is 3.87. The Morgan fingerprint density at radius 2 is 2.20 bits per heavy atom. The van der Waals surface area contributed by atoms with Crippen LogP contribution in [-0.2, 0) is 4.79 Å². The quantitative estimate of drug-likeness (QED) is 0.748. The van der Waals surface area contributed by atoms with Crippen LogP contribution in [-0.4, -0.2) is 36.5 Å². The molecule has 1 amide bonds. The average Bonchev–Trinajstić information content (AvgIpc) is 2.84. The van der Waals surface area contributed by atoms with Crippen LogP contribution in [0.3, 0.4) is 0 Å². The third-order valence-corrected chi connectivity index (χ3v) is 5.04. The topological polar surface area (TPSA) is 58.4 Å². The maximum atomic E-state index is 11.9. The number of halogens is 1. The molecule has 1 heterocycles. The molecule has 1 rings (SSSR count). The minimum Gasteiger partial charge on any atom is -0.355 e. The Morgan fingerprint density at radius 1 is 1.50 bits per heavy atom. The normalized spacial score (nSPS) is 14.3. The van der Waals surface area contributed by atoms with Crippen molar-refractivity contribution in [3.05, 3.63) is 20.8 Å². The van der Waals surface area contributed by atoms with E-state index in [1.807, 2.05) is 6.92 Å². The number of thiophene rings is 1. The number of nitrogens with zero attached hydrogens (tertiary/aromatic N) is 1. The van der Waals surface area contributed by atoms with E-state index in [2.05, 4.69) is 51.4 Å². The highest BCUT2D eigenvalue weighted by Crippen LogP contribution is 2.32. The van der Waals surface area contributed by atoms with Crippen LogP contribution < -0.4 is 11.1 Å². The Bertz CT molecular complexity index is 424. The molecule has 3 N–H and O–H groups in total. The van der Waals surface area contributed by atoms with E-state index in [1.54, 1.807) is 11.3 Å². The van der Waals surface area contributed by atoms with Crippen LogP contribution in [0.5, 0.6) is 0 Å². The van der Waals surface area contributed by atoms with E-state index in [9.17, 15) is 4.79 Å². The lowest BCUT2D eigenvalue weighted by Crippen LogP contribution is -2.45. The van der Waals surface area contributed by atoms with E-state index in [0.717, 1.165) is 17.4 Å². The summed E-state index contributed by atoms with van der Waals surface area (Å²) >= 11 is 5.18. The summed E-state index contributed by atoms with van der Waals surface area (Å²) in [4.78, 5) is 15.2. The second-order valence-corrected chi connectivity index (χ2v) is 6.56. The Hall–Kier alpha value is -0.430. The number of nitrogens with two attached hydrogens (primary N) is 1. The summed E-state index contributed by atoms with van der Waals surface area (Å²) < 4.78 is 1.07. The van der Waals surface area contributed by atoms with E-state index in [4.69, 9.17) is 5.73 Å². The average molecular weight is 362 g/mol. The predicted molar refractivity (Wildman–Crippen MR) is 89.0 cm³/mol. The van der Waals surface area contributed by atoms with Crippen molar-refractivity contribution in [3.63, 3.8) is 0 Å². The van der Waals surface area contributed by atoms with Gasteiger partial charge in [-0.05, 0) is 41.9 Å². The Morgan fingerprint density at radius 3 is 2.65 bits per heavy atom. The van der Waals surface area contributed by atoms with Crippen LogP contribution in [0.1, 0.15) is 38.1 Å². The number of likely N-dealkylation sites (N-methyl/N-ethyl adjacent to an activating group) is 2. The molecule has 2 atom stereocenters. The van der Waals surface area contributed by atoms with Crippen LogP contribution in [0.15, 0.2) is 15.9 Å². The van der Waals surface area contributed by atoms with Crippen molar-refractivity contribution in [2.45, 2.75) is 39.3 Å². The van der Waals surface area contributed by atoms with E-state index >= 15 is 0 Å². The van der Waals surface area contributed by atoms with E-state index < -0.39 is 0 Å². The molecular weight excluding hydrogens is 338 g/mol. The van der Waals surface area contributed by atoms with E-state index in [1.165, 1.54) is 4.88 Å². The van der Waals surface area contributed by atoms with Gasteiger partial charge in [0.1, 0.15) is 0 Å². The van der Waals surface area contributed by atoms with Crippen LogP contribution in [0, 0.1) is 0 Å². The van der Waals surface area contributed by atoms with Crippen molar-refractivity contribution < 1.29 is 4.79 Å². The van der Waals surface area contributed by atoms with Gasteiger partial charge in [0.25, 0.3) is 0 Å². The van der Waals surface area contributed by atoms with Gasteiger partial charge in [-0.1, -0.05) is 13.8 Å². The highest BCUT2D eigenvalue weighted by atomic mass is 79.9. The van der Waals surface area contributed by atoms with Crippen molar-refractivity contribution in [3.8, 4) is 0 Å². The second-order valence-electron chi connectivity index (χ2n) is 4.70. The molecule has 0 radical (unpaired) electrons. The van der Waals surface area contributed by atoms with Gasteiger partial charge in [0, 0.05) is 27.3 Å². The first-order valence-electron chi connectivity index (χ1n) is 7.03. The molecule has 1 aromatic heterocycles. The minimum atomic E-state index is 0.0231. The van der Waals surface area contributed by atoms with Gasteiger partial charge in [-0.15, -0.1) is 11.3 Å². The monoisotopic (exact) mass is 361 g/mol. The van der Waals surface area contributed by atoms with Crippen molar-refractivity contribution >= 4 is 33.2 Å². The van der Waals surface area contributed by atoms with E-state index in [0.29, 0.717) is 13.1 Å². The summed E-state index contributed by atoms with van der Waals surface area (Å²) in [7, 11) is 0. The zero-order valence-electron chi connectivity index (χ0n) is 12.4. The second kappa shape index (κ2) is 8.77. The van der Waals surface area contributed by atoms with Crippen molar-refractivity contribution in [2.75, 3.05) is 19.6 Å². The lowest BCUT2D eigenvalue weighted by atomic mass is 10.0. The lowest BCUT2D eigenvalue weighted by molar-refractivity contribution is -0.122. The zero-order chi connectivity index (χ0) is 15.1. The molecule has 1 aromatic rings. The van der Waals surface area contributed by atoms with Gasteiger partial charge >= 0.3 is 0 Å². The van der Waals surface area contributed by atoms with Gasteiger partial charge in [0.2, 0.25) is 5.91 Å². The molecule has 114 valence electrons. The smallest absolute Gasteiger partial charge is 0.234 e. The van der Waals surface area contributed by atoms with Gasteiger partial charge in [-0.2, -0.15) is 0 Å². The Kier molecular flexibility index (Phi) is 7.72. The molecular formula is C14H24BrN3OS. The molecule has 0 spiro atoms. The first kappa shape index (κ1) is 17.6. The van der Waals surface area contributed by atoms with Crippen LogP contribution in [0.2, 0.25) is 0 Å². The third-order valence-electron chi connectivity index (χ3n) is 3.28. The molecule has 0 aromatic carbocycles. The van der Waals surface area contributed by atoms with E-state index in [-0.39, 0.29) is 18.0 Å². The van der Waals surface area contributed by atoms with Gasteiger partial charge in [-0.3, -0.25) is 9.69 Å². The first-order chi connectivity index (χ1) is 9.53. The maximum Gasteiger partial charge on any atom is 0.234 e. The summed E-state index contributed by atoms with van der Waals surface area (Å²) in [5.74, 6) is 0.0540. The maximum absolute atomic E-state index is 11.9. The number of rotatable bonds is 8. The number of nitrogens with one attached hydrogen (secondary N) is 1. The number of carbonyl (C=O) groups is 1. The molecule has 20 heavy (non-hydrogen) atoms. The highest BCUT2D eigenvalue weighted by Gasteiger charge is 2.27. The van der Waals surface area contributed by atoms with Crippen LogP contribution in [0.25, 0.3) is 0 Å². The van der Waals surface area contributed by atoms with Crippen molar-refractivity contribution in [2.24, 2.45) is 5.73 Å². The third kappa shape index (κ3) is 4.84. The molecule has 0 aliphatic carbocycles. The minimum absolute atomic E-state index is 0.0231. The fourth-order valence-electron chi connectivity index (χ4n) is 2.21. The molecule has 0 saturated carbocycles. The van der Waals surface area contributed by atoms with Crippen LogP contribution in [0.4, 0.5) is 0 Å². The fraction of sp³-hybridized carbons (Fsp3) is 0.643. The summed E-state index contributed by atoms with van der Waals surface area (Å²) in [6.07, 6.45) is 0.881. The number of hydrogen-bond donors (Lipinski definition) is 2. The summed E-state index contributed by atoms with van der Waals surface area (Å²) in [6.45, 7) is 7.92. The van der Waals surface area contributed by atoms with Crippen molar-refractivity contribution in [1.29, 1.82) is 0 Å². The Balaban J connectivity index is 2.92. The molecule has 0 aliphatic heterocycles. The number of amides is 1. The first-order valence-corrected chi connectivity index (χ1v) is 8.70.